The Bertz CT molecular complexity index is 200. The maximum Gasteiger partial charge on any atom is 0.267 e. The summed E-state index contributed by atoms with van der Waals surface area (Å²) in [5.41, 5.74) is 0. The fourth-order valence-corrected chi connectivity index (χ4v) is 0.899. The summed E-state index contributed by atoms with van der Waals surface area (Å²) >= 11 is 0. The minimum absolute atomic E-state index is 0.00274. The molecule has 2 nitrogen and oxygen atoms in total. The van der Waals surface area contributed by atoms with Crippen LogP contribution >= 0.6 is 0 Å². The van der Waals surface area contributed by atoms with E-state index < -0.39 is 18.4 Å². The van der Waals surface area contributed by atoms with Crippen molar-refractivity contribution in [2.75, 3.05) is 6.54 Å². The summed E-state index contributed by atoms with van der Waals surface area (Å²) in [5, 5.41) is 2.28. The minimum atomic E-state index is -2.79. The van der Waals surface area contributed by atoms with Crippen molar-refractivity contribution in [2.45, 2.75) is 32.6 Å². The number of carbonyl (C=O) groups excluding carboxylic acids is 1. The van der Waals surface area contributed by atoms with E-state index in [1.54, 1.807) is 0 Å². The molecule has 0 bridgehead atoms. The molecule has 1 N–H and O–H groups in total. The van der Waals surface area contributed by atoms with E-state index in [1.807, 2.05) is 0 Å². The van der Waals surface area contributed by atoms with Gasteiger partial charge in [-0.3, -0.25) is 4.79 Å². The lowest BCUT2D eigenvalue weighted by atomic mass is 10.1. The molecule has 0 aliphatic heterocycles. The highest BCUT2D eigenvalue weighted by Crippen LogP contribution is 2.29. The molecule has 0 aromatic heterocycles. The van der Waals surface area contributed by atoms with E-state index in [4.69, 9.17) is 0 Å². The van der Waals surface area contributed by atoms with Crippen LogP contribution in [0.5, 0.6) is 0 Å². The number of nitrogens with one attached hydrogen (secondary N) is 1. The smallest absolute Gasteiger partial charge is 0.267 e. The highest BCUT2D eigenvalue weighted by atomic mass is 19.3. The van der Waals surface area contributed by atoms with Crippen LogP contribution in [-0.2, 0) is 4.79 Å². The highest BCUT2D eigenvalue weighted by molar-refractivity contribution is 5.80. The topological polar surface area (TPSA) is 29.1 Å². The molecular weight excluding hydrogens is 176 g/mol. The van der Waals surface area contributed by atoms with Gasteiger partial charge in [-0.2, -0.15) is 0 Å². The Morgan fingerprint density at radius 2 is 2.08 bits per heavy atom. The number of halogens is 2. The van der Waals surface area contributed by atoms with Gasteiger partial charge >= 0.3 is 0 Å². The van der Waals surface area contributed by atoms with Crippen molar-refractivity contribution in [3.63, 3.8) is 0 Å². The number of rotatable bonds is 4. The maximum absolute atomic E-state index is 13.0. The normalized spacial score (nSPS) is 17.6. The fraction of sp³-hybridized carbons (Fsp3) is 0.889. The number of carbonyl (C=O) groups is 1. The lowest BCUT2D eigenvalue weighted by Gasteiger charge is -2.20. The molecule has 13 heavy (non-hydrogen) atoms. The molecule has 76 valence electrons. The fourth-order valence-electron chi connectivity index (χ4n) is 0.899. The van der Waals surface area contributed by atoms with Gasteiger partial charge in [-0.1, -0.05) is 13.8 Å². The van der Waals surface area contributed by atoms with Crippen LogP contribution in [-0.4, -0.2) is 18.4 Å². The van der Waals surface area contributed by atoms with Crippen LogP contribution < -0.4 is 5.32 Å². The Labute approximate surface area is 76.7 Å². The number of hydrogen-bond acceptors (Lipinski definition) is 1. The van der Waals surface area contributed by atoms with Gasteiger partial charge in [-0.15, -0.1) is 0 Å². The van der Waals surface area contributed by atoms with E-state index in [-0.39, 0.29) is 11.8 Å². The van der Waals surface area contributed by atoms with Crippen molar-refractivity contribution in [3.05, 3.63) is 0 Å². The number of amides is 1. The minimum Gasteiger partial charge on any atom is -0.350 e. The molecule has 1 aliphatic carbocycles. The van der Waals surface area contributed by atoms with Gasteiger partial charge in [0.25, 0.3) is 5.92 Å². The van der Waals surface area contributed by atoms with E-state index in [0.29, 0.717) is 0 Å². The van der Waals surface area contributed by atoms with Gasteiger partial charge < -0.3 is 5.32 Å². The molecule has 0 spiro atoms. The van der Waals surface area contributed by atoms with Gasteiger partial charge in [0.05, 0.1) is 6.54 Å². The van der Waals surface area contributed by atoms with Crippen molar-refractivity contribution in [3.8, 4) is 0 Å². The third kappa shape index (κ3) is 2.94. The summed E-state index contributed by atoms with van der Waals surface area (Å²) in [6.07, 6.45) is 1.69. The average molecular weight is 191 g/mol. The van der Waals surface area contributed by atoms with Crippen LogP contribution in [0.15, 0.2) is 0 Å². The molecule has 0 aromatic rings. The molecule has 4 heteroatoms. The molecule has 0 radical (unpaired) electrons. The standard InChI is InChI=1S/C9H15F2NO/c1-6(2)9(10,11)5-12-8(13)7-3-4-7/h6-7H,3-5H2,1-2H3,(H,12,13). The molecule has 0 unspecified atom stereocenters. The lowest BCUT2D eigenvalue weighted by molar-refractivity contribution is -0.125. The van der Waals surface area contributed by atoms with E-state index in [0.717, 1.165) is 12.8 Å². The predicted octanol–water partition coefficient (Wildman–Crippen LogP) is 1.80. The quantitative estimate of drug-likeness (QED) is 0.721. The second kappa shape index (κ2) is 3.60. The second-order valence-electron chi connectivity index (χ2n) is 3.91. The zero-order chi connectivity index (χ0) is 10.1. The van der Waals surface area contributed by atoms with Crippen LogP contribution in [0, 0.1) is 11.8 Å². The molecule has 0 atom stereocenters. The predicted molar refractivity (Wildman–Crippen MR) is 45.5 cm³/mol. The van der Waals surface area contributed by atoms with Crippen molar-refractivity contribution in [1.29, 1.82) is 0 Å². The first-order chi connectivity index (χ1) is 5.93. The molecule has 0 aromatic carbocycles. The summed E-state index contributed by atoms with van der Waals surface area (Å²) in [6.45, 7) is 2.37. The first-order valence-electron chi connectivity index (χ1n) is 4.59. The average Bonchev–Trinajstić information content (AvgIpc) is 2.82. The highest BCUT2D eigenvalue weighted by Gasteiger charge is 2.36. The van der Waals surface area contributed by atoms with Crippen LogP contribution in [0.1, 0.15) is 26.7 Å². The van der Waals surface area contributed by atoms with E-state index >= 15 is 0 Å². The molecule has 1 saturated carbocycles. The van der Waals surface area contributed by atoms with E-state index in [2.05, 4.69) is 5.32 Å². The Kier molecular flexibility index (Phi) is 2.88. The monoisotopic (exact) mass is 191 g/mol. The van der Waals surface area contributed by atoms with Gasteiger partial charge in [0.2, 0.25) is 5.91 Å². The third-order valence-corrected chi connectivity index (χ3v) is 2.29. The Morgan fingerprint density at radius 1 is 1.54 bits per heavy atom. The number of hydrogen-bond donors (Lipinski definition) is 1. The van der Waals surface area contributed by atoms with E-state index in [1.165, 1.54) is 13.8 Å². The van der Waals surface area contributed by atoms with Crippen molar-refractivity contribution < 1.29 is 13.6 Å². The number of alkyl halides is 2. The molecule has 1 rings (SSSR count). The van der Waals surface area contributed by atoms with Crippen LogP contribution in [0.3, 0.4) is 0 Å². The van der Waals surface area contributed by atoms with Crippen molar-refractivity contribution in [2.24, 2.45) is 11.8 Å². The lowest BCUT2D eigenvalue weighted by Crippen LogP contribution is -2.40. The van der Waals surface area contributed by atoms with Gasteiger partial charge in [0.15, 0.2) is 0 Å². The SMILES string of the molecule is CC(C)C(F)(F)CNC(=O)C1CC1. The molecular formula is C9H15F2NO. The molecule has 1 fully saturated rings. The molecule has 1 aliphatic rings. The second-order valence-corrected chi connectivity index (χ2v) is 3.91. The summed E-state index contributed by atoms with van der Waals surface area (Å²) in [4.78, 5) is 11.0. The van der Waals surface area contributed by atoms with E-state index in [9.17, 15) is 13.6 Å². The molecule has 0 heterocycles. The van der Waals surface area contributed by atoms with Gasteiger partial charge in [0.1, 0.15) is 0 Å². The molecule has 1 amide bonds. The van der Waals surface area contributed by atoms with Crippen LogP contribution in [0.4, 0.5) is 8.78 Å². The largest absolute Gasteiger partial charge is 0.350 e. The van der Waals surface area contributed by atoms with Crippen LogP contribution in [0.25, 0.3) is 0 Å². The van der Waals surface area contributed by atoms with Crippen LogP contribution in [0.2, 0.25) is 0 Å². The Balaban J connectivity index is 2.27. The van der Waals surface area contributed by atoms with Gasteiger partial charge in [-0.25, -0.2) is 8.78 Å². The first kappa shape index (κ1) is 10.4. The summed E-state index contributed by atoms with van der Waals surface area (Å²) in [7, 11) is 0. The van der Waals surface area contributed by atoms with Gasteiger partial charge in [0, 0.05) is 11.8 Å². The summed E-state index contributed by atoms with van der Waals surface area (Å²) in [6, 6.07) is 0. The summed E-state index contributed by atoms with van der Waals surface area (Å²) in [5.74, 6) is -3.74. The zero-order valence-corrected chi connectivity index (χ0v) is 7.94. The molecule has 0 saturated heterocycles. The third-order valence-electron chi connectivity index (χ3n) is 2.29. The first-order valence-corrected chi connectivity index (χ1v) is 4.59. The van der Waals surface area contributed by atoms with Crippen molar-refractivity contribution >= 4 is 5.91 Å². The maximum atomic E-state index is 13.0. The van der Waals surface area contributed by atoms with Crippen molar-refractivity contribution in [1.82, 2.24) is 5.32 Å². The van der Waals surface area contributed by atoms with Gasteiger partial charge in [-0.05, 0) is 12.8 Å². The Morgan fingerprint density at radius 3 is 2.46 bits per heavy atom. The zero-order valence-electron chi connectivity index (χ0n) is 7.94. The summed E-state index contributed by atoms with van der Waals surface area (Å²) < 4.78 is 26.0. The Hall–Kier alpha value is -0.670.